The Balaban J connectivity index is 0.959. The van der Waals surface area contributed by atoms with Crippen LogP contribution in [0.15, 0.2) is 182 Å². The van der Waals surface area contributed by atoms with Gasteiger partial charge in [0.2, 0.25) is 0 Å². The lowest BCUT2D eigenvalue weighted by Crippen LogP contribution is -2.00. The smallest absolute Gasteiger partial charge is 0.164 e. The van der Waals surface area contributed by atoms with Crippen LogP contribution in [0.4, 0.5) is 0 Å². The molecule has 5 nitrogen and oxygen atoms in total. The molecule has 11 aromatic rings. The summed E-state index contributed by atoms with van der Waals surface area (Å²) in [7, 11) is 0. The number of fused-ring (bicyclic) bond motifs is 2. The molecule has 59 heavy (non-hydrogen) atoms. The van der Waals surface area contributed by atoms with Gasteiger partial charge in [0.1, 0.15) is 11.5 Å². The van der Waals surface area contributed by atoms with Gasteiger partial charge in [0.05, 0.1) is 11.6 Å². The zero-order valence-electron chi connectivity index (χ0n) is 31.5. The molecule has 2 heterocycles. The highest BCUT2D eigenvalue weighted by molar-refractivity contribution is 6.27. The number of nitrogens with zero attached hydrogens (tertiary/aromatic N) is 4. The lowest BCUT2D eigenvalue weighted by molar-refractivity contribution is 0.487. The van der Waals surface area contributed by atoms with E-state index in [4.69, 9.17) is 19.7 Å². The van der Waals surface area contributed by atoms with Gasteiger partial charge in [-0.2, -0.15) is 5.26 Å². The third-order valence-corrected chi connectivity index (χ3v) is 11.7. The molecule has 0 fully saturated rings. The largest absolute Gasteiger partial charge is 0.456 e. The van der Waals surface area contributed by atoms with Crippen LogP contribution >= 0.6 is 0 Å². The lowest BCUT2D eigenvalue weighted by Gasteiger charge is -2.22. The van der Waals surface area contributed by atoms with Gasteiger partial charge in [-0.1, -0.05) is 152 Å². The van der Waals surface area contributed by atoms with Gasteiger partial charge in [-0.05, 0) is 90.5 Å². The third kappa shape index (κ3) is 5.21. The van der Waals surface area contributed by atoms with Crippen molar-refractivity contribution in [2.24, 2.45) is 0 Å². The fourth-order valence-electron chi connectivity index (χ4n) is 8.93. The van der Waals surface area contributed by atoms with Crippen molar-refractivity contribution >= 4 is 43.1 Å². The molecule has 0 saturated heterocycles. The van der Waals surface area contributed by atoms with Crippen LogP contribution in [0, 0.1) is 11.3 Å². The van der Waals surface area contributed by atoms with E-state index in [1.54, 1.807) is 0 Å². The second-order valence-corrected chi connectivity index (χ2v) is 15.0. The van der Waals surface area contributed by atoms with E-state index in [-0.39, 0.29) is 0 Å². The van der Waals surface area contributed by atoms with E-state index in [1.165, 1.54) is 32.5 Å². The summed E-state index contributed by atoms with van der Waals surface area (Å²) >= 11 is 0. The average molecular weight is 751 g/mol. The molecular formula is C54H30N4O. The Morgan fingerprint density at radius 1 is 0.356 bits per heavy atom. The number of ether oxygens (including phenoxy) is 1. The second-order valence-electron chi connectivity index (χ2n) is 15.0. The maximum absolute atomic E-state index is 9.77. The topological polar surface area (TPSA) is 71.7 Å². The van der Waals surface area contributed by atoms with Crippen LogP contribution in [0.25, 0.3) is 111 Å². The third-order valence-electron chi connectivity index (χ3n) is 11.7. The molecule has 0 bridgehead atoms. The predicted molar refractivity (Wildman–Crippen MR) is 238 cm³/mol. The van der Waals surface area contributed by atoms with Gasteiger partial charge in [0.25, 0.3) is 0 Å². The van der Waals surface area contributed by atoms with E-state index in [0.29, 0.717) is 23.0 Å². The van der Waals surface area contributed by atoms with Crippen molar-refractivity contribution in [3.8, 4) is 85.1 Å². The van der Waals surface area contributed by atoms with E-state index in [9.17, 15) is 5.26 Å². The van der Waals surface area contributed by atoms with Crippen molar-refractivity contribution in [2.45, 2.75) is 0 Å². The standard InChI is InChI=1S/C54H30N4O/c55-31-39-23-29-48-51-41(39)12-7-13-42(51)46-30-38(22-28-47(46)59-48)32-14-16-33(17-15-32)40-24-18-34-20-26-44-45(27-21-35-19-25-43(40)49(34)50(35)44)54-57-52(36-8-3-1-4-9-36)56-53(58-54)37-10-5-2-6-11-37/h1-30H. The first-order valence-corrected chi connectivity index (χ1v) is 19.7. The SMILES string of the molecule is N#Cc1ccc2c3c(cccc13)-c1cc(-c3ccc(-c4ccc5ccc6c(-c7nc(-c8ccccc8)nc(-c8ccccc8)n7)ccc7ccc4c5c76)cc3)ccc1O2. The van der Waals surface area contributed by atoms with Crippen LogP contribution in [0.1, 0.15) is 5.56 Å². The maximum Gasteiger partial charge on any atom is 0.164 e. The van der Waals surface area contributed by atoms with Gasteiger partial charge in [-0.15, -0.1) is 0 Å². The van der Waals surface area contributed by atoms with E-state index in [0.717, 1.165) is 72.2 Å². The van der Waals surface area contributed by atoms with Gasteiger partial charge in [-0.25, -0.2) is 15.0 Å². The van der Waals surface area contributed by atoms with Crippen molar-refractivity contribution in [3.05, 3.63) is 188 Å². The van der Waals surface area contributed by atoms with E-state index >= 15 is 0 Å². The first-order chi connectivity index (χ1) is 29.2. The predicted octanol–water partition coefficient (Wildman–Crippen LogP) is 13.9. The van der Waals surface area contributed by atoms with E-state index in [1.807, 2.05) is 84.9 Å². The molecule has 10 aromatic carbocycles. The molecule has 272 valence electrons. The maximum atomic E-state index is 9.77. The van der Waals surface area contributed by atoms with Crippen molar-refractivity contribution in [1.82, 2.24) is 15.0 Å². The minimum absolute atomic E-state index is 0.645. The first-order valence-electron chi connectivity index (χ1n) is 19.7. The van der Waals surface area contributed by atoms with Crippen LogP contribution in [0.2, 0.25) is 0 Å². The van der Waals surface area contributed by atoms with E-state index in [2.05, 4.69) is 103 Å². The number of hydrogen-bond acceptors (Lipinski definition) is 5. The Kier molecular flexibility index (Phi) is 7.22. The Labute approximate surface area is 339 Å². The molecule has 0 unspecified atom stereocenters. The van der Waals surface area contributed by atoms with Crippen molar-refractivity contribution in [1.29, 1.82) is 5.26 Å². The summed E-state index contributed by atoms with van der Waals surface area (Å²) in [6.07, 6.45) is 0. The second kappa shape index (κ2) is 12.9. The fourth-order valence-corrected chi connectivity index (χ4v) is 8.93. The highest BCUT2D eigenvalue weighted by atomic mass is 16.5. The molecule has 0 N–H and O–H groups in total. The summed E-state index contributed by atoms with van der Waals surface area (Å²) in [5.74, 6) is 3.53. The zero-order chi connectivity index (χ0) is 39.0. The van der Waals surface area contributed by atoms with Crippen LogP contribution in [-0.2, 0) is 0 Å². The zero-order valence-corrected chi connectivity index (χ0v) is 31.5. The number of aromatic nitrogens is 3. The molecule has 0 atom stereocenters. The molecule has 0 saturated carbocycles. The molecular weight excluding hydrogens is 721 g/mol. The average Bonchev–Trinajstić information content (AvgIpc) is 3.31. The van der Waals surface area contributed by atoms with Crippen LogP contribution in [0.3, 0.4) is 0 Å². The molecule has 0 spiro atoms. The van der Waals surface area contributed by atoms with E-state index < -0.39 is 0 Å². The van der Waals surface area contributed by atoms with Gasteiger partial charge in [0.15, 0.2) is 17.5 Å². The summed E-state index contributed by atoms with van der Waals surface area (Å²) in [6, 6.07) is 65.4. The molecule has 5 heteroatoms. The number of rotatable bonds is 5. The minimum Gasteiger partial charge on any atom is -0.456 e. The number of hydrogen-bond donors (Lipinski definition) is 0. The number of nitriles is 1. The van der Waals surface area contributed by atoms with Gasteiger partial charge in [0, 0.05) is 33.0 Å². The van der Waals surface area contributed by atoms with Crippen molar-refractivity contribution in [3.63, 3.8) is 0 Å². The minimum atomic E-state index is 0.645. The summed E-state index contributed by atoms with van der Waals surface area (Å²) in [5.41, 5.74) is 10.2. The summed E-state index contributed by atoms with van der Waals surface area (Å²) < 4.78 is 6.37. The Morgan fingerprint density at radius 3 is 1.61 bits per heavy atom. The van der Waals surface area contributed by atoms with Crippen molar-refractivity contribution < 1.29 is 4.74 Å². The molecule has 1 aromatic heterocycles. The highest BCUT2D eigenvalue weighted by Crippen LogP contribution is 2.48. The number of benzene rings is 10. The highest BCUT2D eigenvalue weighted by Gasteiger charge is 2.23. The molecule has 0 radical (unpaired) electrons. The molecule has 1 aliphatic heterocycles. The van der Waals surface area contributed by atoms with Crippen LogP contribution in [-0.4, -0.2) is 15.0 Å². The molecule has 0 amide bonds. The van der Waals surface area contributed by atoms with Gasteiger partial charge in [-0.3, -0.25) is 0 Å². The van der Waals surface area contributed by atoms with Crippen LogP contribution < -0.4 is 4.74 Å². The van der Waals surface area contributed by atoms with Crippen LogP contribution in [0.5, 0.6) is 11.5 Å². The molecule has 0 aliphatic carbocycles. The normalized spacial score (nSPS) is 11.8. The monoisotopic (exact) mass is 750 g/mol. The quantitative estimate of drug-likeness (QED) is 0.164. The fraction of sp³-hybridized carbons (Fsp3) is 0. The van der Waals surface area contributed by atoms with Gasteiger partial charge < -0.3 is 4.74 Å². The first kappa shape index (κ1) is 33.0. The summed E-state index contributed by atoms with van der Waals surface area (Å²) in [5, 5.41) is 18.8. The van der Waals surface area contributed by atoms with Gasteiger partial charge >= 0.3 is 0 Å². The lowest BCUT2D eigenvalue weighted by atomic mass is 9.88. The molecule has 12 rings (SSSR count). The Bertz CT molecular complexity index is 3460. The van der Waals surface area contributed by atoms with Crippen molar-refractivity contribution in [2.75, 3.05) is 0 Å². The Hall–Kier alpha value is -8.20. The summed E-state index contributed by atoms with van der Waals surface area (Å²) in [6.45, 7) is 0. The summed E-state index contributed by atoms with van der Waals surface area (Å²) in [4.78, 5) is 15.1. The molecule has 1 aliphatic rings. The Morgan fingerprint density at radius 2 is 0.932 bits per heavy atom.